The number of nitrogens with zero attached hydrogens (tertiary/aromatic N) is 1. The third-order valence-corrected chi connectivity index (χ3v) is 5.96. The molecule has 1 heterocycles. The van der Waals surface area contributed by atoms with E-state index in [9.17, 15) is 4.79 Å². The number of aryl methyl sites for hydroxylation is 1. The molecule has 2 aromatic rings. The van der Waals surface area contributed by atoms with Crippen LogP contribution in [0.4, 0.5) is 0 Å². The Morgan fingerprint density at radius 2 is 1.92 bits per heavy atom. The fraction of sp³-hybridized carbons (Fsp3) is 0.409. The molecular weight excluding hydrogens is 308 g/mol. The van der Waals surface area contributed by atoms with Crippen LogP contribution in [0.15, 0.2) is 42.5 Å². The van der Waals surface area contributed by atoms with Crippen LogP contribution in [-0.2, 0) is 12.8 Å². The zero-order chi connectivity index (χ0) is 17.4. The number of nitrogens with two attached hydrogens (primary N) is 1. The first-order valence-electron chi connectivity index (χ1n) is 9.39. The number of benzene rings is 2. The Balaban J connectivity index is 1.58. The van der Waals surface area contributed by atoms with Gasteiger partial charge in [0.1, 0.15) is 0 Å². The van der Waals surface area contributed by atoms with E-state index < -0.39 is 0 Å². The Morgan fingerprint density at radius 3 is 2.68 bits per heavy atom. The lowest BCUT2D eigenvalue weighted by Crippen LogP contribution is -2.41. The second kappa shape index (κ2) is 6.64. The minimum absolute atomic E-state index is 0.373. The number of carbonyl (C=O) groups is 1. The summed E-state index contributed by atoms with van der Waals surface area (Å²) in [7, 11) is 0. The van der Waals surface area contributed by atoms with Crippen LogP contribution in [-0.4, -0.2) is 29.4 Å². The standard InChI is InChI=1S/C22H26N2O/c1-15-4-3-11-24(15)21-10-9-18-12-17(7-8-19(18)14-21)16-5-2-6-20(13-16)22(23)25/h2,5-8,12-13,15,21H,3-4,9-11,14H2,1H3,(H2,23,25). The highest BCUT2D eigenvalue weighted by molar-refractivity contribution is 5.94. The second-order valence-corrected chi connectivity index (χ2v) is 7.55. The van der Waals surface area contributed by atoms with Crippen LogP contribution >= 0.6 is 0 Å². The van der Waals surface area contributed by atoms with Gasteiger partial charge in [-0.05, 0) is 80.0 Å². The Bertz CT molecular complexity index is 798. The van der Waals surface area contributed by atoms with Crippen molar-refractivity contribution >= 4 is 5.91 Å². The Labute approximate surface area is 149 Å². The molecule has 2 atom stereocenters. The van der Waals surface area contributed by atoms with E-state index in [0.29, 0.717) is 11.6 Å². The van der Waals surface area contributed by atoms with Gasteiger partial charge in [-0.1, -0.05) is 30.3 Å². The number of primary amides is 1. The van der Waals surface area contributed by atoms with Crippen LogP contribution < -0.4 is 5.73 Å². The monoisotopic (exact) mass is 334 g/mol. The topological polar surface area (TPSA) is 46.3 Å². The Morgan fingerprint density at radius 1 is 1.08 bits per heavy atom. The van der Waals surface area contributed by atoms with Crippen molar-refractivity contribution in [3.05, 3.63) is 59.2 Å². The number of rotatable bonds is 3. The lowest BCUT2D eigenvalue weighted by molar-refractivity contribution is 0.100. The predicted octanol–water partition coefficient (Wildman–Crippen LogP) is 3.79. The molecule has 1 aliphatic heterocycles. The lowest BCUT2D eigenvalue weighted by Gasteiger charge is -2.35. The van der Waals surface area contributed by atoms with Crippen LogP contribution in [0.25, 0.3) is 11.1 Å². The molecule has 0 radical (unpaired) electrons. The SMILES string of the molecule is CC1CCCN1C1CCc2cc(-c3cccc(C(N)=O)c3)ccc2C1. The summed E-state index contributed by atoms with van der Waals surface area (Å²) < 4.78 is 0. The van der Waals surface area contributed by atoms with E-state index in [0.717, 1.165) is 18.0 Å². The van der Waals surface area contributed by atoms with Crippen molar-refractivity contribution in [3.63, 3.8) is 0 Å². The molecule has 2 N–H and O–H groups in total. The number of hydrogen-bond donors (Lipinski definition) is 1. The zero-order valence-corrected chi connectivity index (χ0v) is 14.9. The maximum Gasteiger partial charge on any atom is 0.248 e. The number of carbonyl (C=O) groups excluding carboxylic acids is 1. The van der Waals surface area contributed by atoms with Gasteiger partial charge in [0.15, 0.2) is 0 Å². The van der Waals surface area contributed by atoms with Crippen molar-refractivity contribution in [1.82, 2.24) is 4.90 Å². The summed E-state index contributed by atoms with van der Waals surface area (Å²) in [6.45, 7) is 3.64. The van der Waals surface area contributed by atoms with Crippen molar-refractivity contribution < 1.29 is 4.79 Å². The highest BCUT2D eigenvalue weighted by Gasteiger charge is 2.30. The van der Waals surface area contributed by atoms with Gasteiger partial charge in [0.25, 0.3) is 0 Å². The molecule has 130 valence electrons. The summed E-state index contributed by atoms with van der Waals surface area (Å²) in [5, 5.41) is 0. The first kappa shape index (κ1) is 16.3. The third-order valence-electron chi connectivity index (χ3n) is 5.96. The second-order valence-electron chi connectivity index (χ2n) is 7.55. The maximum atomic E-state index is 11.4. The molecule has 2 aromatic carbocycles. The fourth-order valence-corrected chi connectivity index (χ4v) is 4.55. The molecule has 0 aromatic heterocycles. The molecule has 3 heteroatoms. The minimum atomic E-state index is -0.373. The van der Waals surface area contributed by atoms with E-state index in [-0.39, 0.29) is 5.91 Å². The molecule has 2 aliphatic rings. The fourth-order valence-electron chi connectivity index (χ4n) is 4.55. The predicted molar refractivity (Wildman–Crippen MR) is 102 cm³/mol. The van der Waals surface area contributed by atoms with Gasteiger partial charge in [-0.25, -0.2) is 0 Å². The van der Waals surface area contributed by atoms with E-state index in [2.05, 4.69) is 30.0 Å². The average molecular weight is 334 g/mol. The molecule has 0 saturated carbocycles. The largest absolute Gasteiger partial charge is 0.366 e. The summed E-state index contributed by atoms with van der Waals surface area (Å²) in [5.41, 5.74) is 11.2. The van der Waals surface area contributed by atoms with Crippen molar-refractivity contribution in [1.29, 1.82) is 0 Å². The molecule has 1 saturated heterocycles. The van der Waals surface area contributed by atoms with E-state index in [4.69, 9.17) is 5.73 Å². The van der Waals surface area contributed by atoms with Crippen LogP contribution in [0.5, 0.6) is 0 Å². The molecule has 2 unspecified atom stereocenters. The Hall–Kier alpha value is -2.13. The van der Waals surface area contributed by atoms with Crippen LogP contribution in [0.1, 0.15) is 47.7 Å². The van der Waals surface area contributed by atoms with E-state index in [1.54, 1.807) is 6.07 Å². The van der Waals surface area contributed by atoms with Gasteiger partial charge in [0.2, 0.25) is 5.91 Å². The van der Waals surface area contributed by atoms with E-state index in [1.807, 2.05) is 18.2 Å². The molecule has 0 spiro atoms. The van der Waals surface area contributed by atoms with Gasteiger partial charge in [-0.3, -0.25) is 9.69 Å². The highest BCUT2D eigenvalue weighted by atomic mass is 16.1. The normalized spacial score (nSPS) is 23.4. The molecular formula is C22H26N2O. The molecule has 3 nitrogen and oxygen atoms in total. The third kappa shape index (κ3) is 3.21. The first-order chi connectivity index (χ1) is 12.1. The quantitative estimate of drug-likeness (QED) is 0.928. The van der Waals surface area contributed by atoms with Gasteiger partial charge in [-0.15, -0.1) is 0 Å². The average Bonchev–Trinajstić information content (AvgIpc) is 3.07. The van der Waals surface area contributed by atoms with Crippen LogP contribution in [0, 0.1) is 0 Å². The van der Waals surface area contributed by atoms with Gasteiger partial charge < -0.3 is 5.73 Å². The highest BCUT2D eigenvalue weighted by Crippen LogP contribution is 2.32. The number of fused-ring (bicyclic) bond motifs is 1. The number of amides is 1. The number of likely N-dealkylation sites (tertiary alicyclic amines) is 1. The lowest BCUT2D eigenvalue weighted by atomic mass is 9.85. The van der Waals surface area contributed by atoms with Gasteiger partial charge in [-0.2, -0.15) is 0 Å². The maximum absolute atomic E-state index is 11.4. The molecule has 25 heavy (non-hydrogen) atoms. The van der Waals surface area contributed by atoms with Gasteiger partial charge in [0, 0.05) is 17.6 Å². The Kier molecular flexibility index (Phi) is 4.34. The van der Waals surface area contributed by atoms with E-state index >= 15 is 0 Å². The summed E-state index contributed by atoms with van der Waals surface area (Å²) in [6.07, 6.45) is 6.26. The van der Waals surface area contributed by atoms with Crippen molar-refractivity contribution in [2.45, 2.75) is 51.1 Å². The van der Waals surface area contributed by atoms with Crippen molar-refractivity contribution in [2.24, 2.45) is 5.73 Å². The molecule has 4 rings (SSSR count). The zero-order valence-electron chi connectivity index (χ0n) is 14.9. The van der Waals surface area contributed by atoms with Gasteiger partial charge in [0.05, 0.1) is 0 Å². The molecule has 1 amide bonds. The summed E-state index contributed by atoms with van der Waals surface area (Å²) >= 11 is 0. The van der Waals surface area contributed by atoms with Crippen molar-refractivity contribution in [3.8, 4) is 11.1 Å². The van der Waals surface area contributed by atoms with Gasteiger partial charge >= 0.3 is 0 Å². The number of hydrogen-bond acceptors (Lipinski definition) is 2. The molecule has 0 bridgehead atoms. The van der Waals surface area contributed by atoms with E-state index in [1.165, 1.54) is 48.9 Å². The molecule has 1 aliphatic carbocycles. The first-order valence-corrected chi connectivity index (χ1v) is 9.39. The summed E-state index contributed by atoms with van der Waals surface area (Å²) in [6, 6.07) is 15.8. The van der Waals surface area contributed by atoms with Crippen LogP contribution in [0.2, 0.25) is 0 Å². The smallest absolute Gasteiger partial charge is 0.248 e. The minimum Gasteiger partial charge on any atom is -0.366 e. The molecule has 1 fully saturated rings. The van der Waals surface area contributed by atoms with Crippen LogP contribution in [0.3, 0.4) is 0 Å². The van der Waals surface area contributed by atoms with Crippen molar-refractivity contribution in [2.75, 3.05) is 6.54 Å². The summed E-state index contributed by atoms with van der Waals surface area (Å²) in [4.78, 5) is 14.1. The summed E-state index contributed by atoms with van der Waals surface area (Å²) in [5.74, 6) is -0.373.